The highest BCUT2D eigenvalue weighted by molar-refractivity contribution is 5.90. The number of nitrogens with one attached hydrogen (secondary N) is 2. The molecule has 9 nitrogen and oxygen atoms in total. The quantitative estimate of drug-likeness (QED) is 0.703. The topological polar surface area (TPSA) is 122 Å². The Morgan fingerprint density at radius 2 is 2.24 bits per heavy atom. The first-order valence-electron chi connectivity index (χ1n) is 6.75. The molecule has 1 amide bonds. The second-order valence-electron chi connectivity index (χ2n) is 4.87. The zero-order valence-electron chi connectivity index (χ0n) is 11.7. The van der Waals surface area contributed by atoms with Gasteiger partial charge in [-0.25, -0.2) is 0 Å². The average molecular weight is 291 g/mol. The van der Waals surface area contributed by atoms with Crippen molar-refractivity contribution in [1.82, 2.24) is 25.1 Å². The lowest BCUT2D eigenvalue weighted by Gasteiger charge is -2.29. The molecule has 1 fully saturated rings. The van der Waals surface area contributed by atoms with E-state index in [0.717, 1.165) is 0 Å². The number of morpholine rings is 1. The molecule has 3 heterocycles. The maximum Gasteiger partial charge on any atom is 0.244 e. The first-order valence-corrected chi connectivity index (χ1v) is 6.75. The Bertz CT molecular complexity index is 650. The minimum Gasteiger partial charge on any atom is -0.378 e. The summed E-state index contributed by atoms with van der Waals surface area (Å²) in [6, 6.07) is -0.421. The van der Waals surface area contributed by atoms with E-state index >= 15 is 0 Å². The highest BCUT2D eigenvalue weighted by atomic mass is 16.5. The van der Waals surface area contributed by atoms with E-state index in [2.05, 4.69) is 25.5 Å². The number of fused-ring (bicyclic) bond motifs is 1. The summed E-state index contributed by atoms with van der Waals surface area (Å²) >= 11 is 0. The Labute approximate surface area is 120 Å². The van der Waals surface area contributed by atoms with E-state index in [0.29, 0.717) is 43.2 Å². The van der Waals surface area contributed by atoms with E-state index < -0.39 is 6.04 Å². The Morgan fingerprint density at radius 3 is 3.00 bits per heavy atom. The van der Waals surface area contributed by atoms with Gasteiger partial charge in [0.2, 0.25) is 11.9 Å². The van der Waals surface area contributed by atoms with Crippen molar-refractivity contribution < 1.29 is 9.53 Å². The van der Waals surface area contributed by atoms with Crippen LogP contribution in [0.5, 0.6) is 0 Å². The summed E-state index contributed by atoms with van der Waals surface area (Å²) in [6.45, 7) is 4.16. The third kappa shape index (κ3) is 2.72. The number of aromatic amines is 1. The number of anilines is 2. The predicted octanol–water partition coefficient (Wildman–Crippen LogP) is -0.406. The Hall–Kier alpha value is -2.42. The molecule has 1 saturated heterocycles. The van der Waals surface area contributed by atoms with Crippen molar-refractivity contribution in [2.24, 2.45) is 0 Å². The fourth-order valence-electron chi connectivity index (χ4n) is 2.29. The number of nitrogen functional groups attached to an aromatic ring is 1. The van der Waals surface area contributed by atoms with Crippen molar-refractivity contribution in [2.45, 2.75) is 13.0 Å². The standard InChI is InChI=1S/C12H17N7O2/c1-7(11(20)19-2-4-21-5-3-19)15-9-8-6-14-18-10(8)17-12(13)16-9/h6-7H,2-5H2,1H3,(H4,13,14,15,16,17,18). The minimum atomic E-state index is -0.421. The first-order chi connectivity index (χ1) is 10.1. The van der Waals surface area contributed by atoms with Gasteiger partial charge in [-0.05, 0) is 6.92 Å². The summed E-state index contributed by atoms with van der Waals surface area (Å²) in [5, 5.41) is 10.4. The van der Waals surface area contributed by atoms with Crippen molar-refractivity contribution in [3.8, 4) is 0 Å². The highest BCUT2D eigenvalue weighted by Gasteiger charge is 2.23. The first kappa shape index (κ1) is 13.6. The number of carbonyl (C=O) groups is 1. The number of nitrogens with zero attached hydrogens (tertiary/aromatic N) is 4. The van der Waals surface area contributed by atoms with Gasteiger partial charge < -0.3 is 20.7 Å². The van der Waals surface area contributed by atoms with E-state index in [1.807, 2.05) is 0 Å². The number of carbonyl (C=O) groups excluding carboxylic acids is 1. The Kier molecular flexibility index (Phi) is 3.57. The van der Waals surface area contributed by atoms with Gasteiger partial charge in [-0.1, -0.05) is 0 Å². The van der Waals surface area contributed by atoms with Crippen LogP contribution in [0.25, 0.3) is 11.0 Å². The normalized spacial score (nSPS) is 16.9. The van der Waals surface area contributed by atoms with E-state index in [1.54, 1.807) is 18.0 Å². The summed E-state index contributed by atoms with van der Waals surface area (Å²) < 4.78 is 5.25. The number of amides is 1. The van der Waals surface area contributed by atoms with E-state index in [-0.39, 0.29) is 11.9 Å². The monoisotopic (exact) mass is 291 g/mol. The van der Waals surface area contributed by atoms with E-state index in [4.69, 9.17) is 10.5 Å². The van der Waals surface area contributed by atoms with Crippen LogP contribution in [0.3, 0.4) is 0 Å². The molecule has 0 radical (unpaired) electrons. The summed E-state index contributed by atoms with van der Waals surface area (Å²) in [4.78, 5) is 22.3. The summed E-state index contributed by atoms with van der Waals surface area (Å²) in [7, 11) is 0. The van der Waals surface area contributed by atoms with Crippen molar-refractivity contribution in [3.63, 3.8) is 0 Å². The molecule has 1 aliphatic rings. The molecule has 0 spiro atoms. The van der Waals surface area contributed by atoms with Gasteiger partial charge in [0.25, 0.3) is 0 Å². The number of aromatic nitrogens is 4. The maximum atomic E-state index is 12.4. The second kappa shape index (κ2) is 5.52. The third-order valence-corrected chi connectivity index (χ3v) is 3.37. The molecule has 3 rings (SSSR count). The minimum absolute atomic E-state index is 0.00660. The largest absolute Gasteiger partial charge is 0.378 e. The van der Waals surface area contributed by atoms with E-state index in [9.17, 15) is 4.79 Å². The third-order valence-electron chi connectivity index (χ3n) is 3.37. The molecule has 2 aromatic heterocycles. The van der Waals surface area contributed by atoms with Crippen LogP contribution in [0.4, 0.5) is 11.8 Å². The fourth-order valence-corrected chi connectivity index (χ4v) is 2.29. The molecule has 1 unspecified atom stereocenters. The van der Waals surface area contributed by atoms with Crippen molar-refractivity contribution in [2.75, 3.05) is 37.4 Å². The number of H-pyrrole nitrogens is 1. The smallest absolute Gasteiger partial charge is 0.244 e. The zero-order valence-corrected chi connectivity index (χ0v) is 11.7. The highest BCUT2D eigenvalue weighted by Crippen LogP contribution is 2.19. The van der Waals surface area contributed by atoms with Crippen LogP contribution in [-0.4, -0.2) is 63.3 Å². The number of rotatable bonds is 3. The SMILES string of the molecule is CC(Nc1nc(N)nc2[nH]ncc12)C(=O)N1CCOCC1. The van der Waals surface area contributed by atoms with Gasteiger partial charge in [0.1, 0.15) is 11.9 Å². The van der Waals surface area contributed by atoms with Crippen molar-refractivity contribution in [1.29, 1.82) is 0 Å². The van der Waals surface area contributed by atoms with Gasteiger partial charge in [-0.3, -0.25) is 9.89 Å². The summed E-state index contributed by atoms with van der Waals surface area (Å²) in [5.74, 6) is 0.632. The van der Waals surface area contributed by atoms with Gasteiger partial charge in [0, 0.05) is 13.1 Å². The van der Waals surface area contributed by atoms with Crippen LogP contribution in [-0.2, 0) is 9.53 Å². The van der Waals surface area contributed by atoms with Gasteiger partial charge in [-0.2, -0.15) is 15.1 Å². The lowest BCUT2D eigenvalue weighted by atomic mass is 10.2. The number of hydrogen-bond acceptors (Lipinski definition) is 7. The van der Waals surface area contributed by atoms with Crippen LogP contribution in [0.1, 0.15) is 6.92 Å². The fraction of sp³-hybridized carbons (Fsp3) is 0.500. The molecule has 112 valence electrons. The second-order valence-corrected chi connectivity index (χ2v) is 4.87. The Balaban J connectivity index is 1.77. The van der Waals surface area contributed by atoms with Crippen molar-refractivity contribution >= 4 is 28.7 Å². The molecule has 21 heavy (non-hydrogen) atoms. The molecule has 1 atom stereocenters. The van der Waals surface area contributed by atoms with Crippen LogP contribution in [0.15, 0.2) is 6.20 Å². The van der Waals surface area contributed by atoms with Gasteiger partial charge in [-0.15, -0.1) is 0 Å². The van der Waals surface area contributed by atoms with E-state index in [1.165, 1.54) is 0 Å². The summed E-state index contributed by atoms with van der Waals surface area (Å²) in [5.41, 5.74) is 6.19. The van der Waals surface area contributed by atoms with Crippen molar-refractivity contribution in [3.05, 3.63) is 6.20 Å². The molecule has 0 aromatic carbocycles. The molecule has 0 aliphatic carbocycles. The van der Waals surface area contributed by atoms with Crippen LogP contribution >= 0.6 is 0 Å². The molecule has 4 N–H and O–H groups in total. The van der Waals surface area contributed by atoms with Gasteiger partial charge in [0.15, 0.2) is 5.65 Å². The summed E-state index contributed by atoms with van der Waals surface area (Å²) in [6.07, 6.45) is 1.60. The lowest BCUT2D eigenvalue weighted by Crippen LogP contribution is -2.47. The maximum absolute atomic E-state index is 12.4. The van der Waals surface area contributed by atoms with Crippen LogP contribution in [0.2, 0.25) is 0 Å². The van der Waals surface area contributed by atoms with Gasteiger partial charge in [0.05, 0.1) is 24.8 Å². The van der Waals surface area contributed by atoms with Gasteiger partial charge >= 0.3 is 0 Å². The lowest BCUT2D eigenvalue weighted by molar-refractivity contribution is -0.135. The van der Waals surface area contributed by atoms with Crippen LogP contribution < -0.4 is 11.1 Å². The number of hydrogen-bond donors (Lipinski definition) is 3. The molecule has 9 heteroatoms. The zero-order chi connectivity index (χ0) is 14.8. The number of ether oxygens (including phenoxy) is 1. The molecule has 2 aromatic rings. The molecular formula is C12H17N7O2. The molecule has 0 saturated carbocycles. The molecule has 1 aliphatic heterocycles. The average Bonchev–Trinajstić information content (AvgIpc) is 2.95. The predicted molar refractivity (Wildman–Crippen MR) is 76.6 cm³/mol. The number of nitrogens with two attached hydrogens (primary N) is 1. The molecular weight excluding hydrogens is 274 g/mol. The van der Waals surface area contributed by atoms with Crippen LogP contribution in [0, 0.1) is 0 Å². The molecule has 0 bridgehead atoms. The Morgan fingerprint density at radius 1 is 1.48 bits per heavy atom.